The van der Waals surface area contributed by atoms with Crippen molar-refractivity contribution in [2.45, 2.75) is 19.4 Å². The van der Waals surface area contributed by atoms with Crippen molar-refractivity contribution in [1.82, 2.24) is 9.78 Å². The molecule has 5 nitrogen and oxygen atoms in total. The summed E-state index contributed by atoms with van der Waals surface area (Å²) < 4.78 is 2.67. The van der Waals surface area contributed by atoms with Crippen LogP contribution in [0.1, 0.15) is 12.8 Å². The van der Waals surface area contributed by atoms with Gasteiger partial charge in [-0.3, -0.25) is 9.48 Å². The Bertz CT molecular complexity index is 636. The van der Waals surface area contributed by atoms with Gasteiger partial charge in [-0.1, -0.05) is 23.2 Å². The van der Waals surface area contributed by atoms with E-state index in [-0.39, 0.29) is 5.91 Å². The molecule has 1 aromatic carbocycles. The number of benzene rings is 1. The molecule has 0 radical (unpaired) electrons. The topological polar surface area (TPSA) is 72.9 Å². The fourth-order valence-electron chi connectivity index (χ4n) is 1.79. The summed E-state index contributed by atoms with van der Waals surface area (Å²) in [7, 11) is 0. The van der Waals surface area contributed by atoms with Gasteiger partial charge in [0.2, 0.25) is 5.91 Å². The summed E-state index contributed by atoms with van der Waals surface area (Å²) in [6.07, 6.45) is 4.56. The monoisotopic (exact) mass is 390 g/mol. The highest BCUT2D eigenvalue weighted by atomic mass is 79.9. The zero-order chi connectivity index (χ0) is 15.4. The maximum Gasteiger partial charge on any atom is 0.224 e. The van der Waals surface area contributed by atoms with E-state index in [0.717, 1.165) is 4.47 Å². The Kier molecular flexibility index (Phi) is 5.50. The Morgan fingerprint density at radius 2 is 2.19 bits per heavy atom. The Hall–Kier alpha value is -1.24. The van der Waals surface area contributed by atoms with E-state index in [4.69, 9.17) is 28.9 Å². The summed E-state index contributed by atoms with van der Waals surface area (Å²) in [5, 5.41) is 7.57. The first-order chi connectivity index (χ1) is 9.95. The summed E-state index contributed by atoms with van der Waals surface area (Å²) >= 11 is 15.2. The summed E-state index contributed by atoms with van der Waals surface area (Å²) in [6.45, 7) is 0.656. The third-order valence-electron chi connectivity index (χ3n) is 2.74. The number of nitrogens with zero attached hydrogens (tertiary/aromatic N) is 2. The number of carbonyl (C=O) groups excluding carboxylic acids is 1. The Balaban J connectivity index is 1.87. The molecule has 0 unspecified atom stereocenters. The fourth-order valence-corrected chi connectivity index (χ4v) is 2.67. The van der Waals surface area contributed by atoms with Crippen LogP contribution in [-0.2, 0) is 11.3 Å². The highest BCUT2D eigenvalue weighted by Crippen LogP contribution is 2.32. The SMILES string of the molecule is Nc1cc(Cl)cc(Cl)c1NC(=O)CCCn1cc(Br)cn1. The molecule has 3 N–H and O–H groups in total. The molecule has 112 valence electrons. The lowest BCUT2D eigenvalue weighted by Crippen LogP contribution is -2.14. The molecule has 2 aromatic rings. The number of nitrogen functional groups attached to an aromatic ring is 1. The van der Waals surface area contributed by atoms with Gasteiger partial charge >= 0.3 is 0 Å². The number of rotatable bonds is 5. The molecule has 2 rings (SSSR count). The first-order valence-electron chi connectivity index (χ1n) is 6.18. The highest BCUT2D eigenvalue weighted by Gasteiger charge is 2.10. The van der Waals surface area contributed by atoms with E-state index >= 15 is 0 Å². The summed E-state index contributed by atoms with van der Waals surface area (Å²) in [6, 6.07) is 3.08. The number of nitrogens with two attached hydrogens (primary N) is 1. The molecule has 0 aliphatic rings. The van der Waals surface area contributed by atoms with Crippen molar-refractivity contribution in [1.29, 1.82) is 0 Å². The second-order valence-corrected chi connectivity index (χ2v) is 6.18. The molecule has 0 aliphatic carbocycles. The number of carbonyl (C=O) groups is 1. The van der Waals surface area contributed by atoms with E-state index in [1.807, 2.05) is 6.20 Å². The fraction of sp³-hybridized carbons (Fsp3) is 0.231. The summed E-state index contributed by atoms with van der Waals surface area (Å²) in [4.78, 5) is 11.9. The second-order valence-electron chi connectivity index (χ2n) is 4.43. The molecule has 0 saturated heterocycles. The average molecular weight is 392 g/mol. The maximum atomic E-state index is 11.9. The molecular formula is C13H13BrCl2N4O. The molecule has 0 fully saturated rings. The van der Waals surface area contributed by atoms with E-state index in [2.05, 4.69) is 26.3 Å². The molecule has 0 spiro atoms. The van der Waals surface area contributed by atoms with E-state index in [0.29, 0.717) is 40.8 Å². The zero-order valence-corrected chi connectivity index (χ0v) is 14.0. The van der Waals surface area contributed by atoms with E-state index < -0.39 is 0 Å². The molecular weight excluding hydrogens is 379 g/mol. The minimum Gasteiger partial charge on any atom is -0.397 e. The van der Waals surface area contributed by atoms with Crippen LogP contribution in [0.25, 0.3) is 0 Å². The number of anilines is 2. The van der Waals surface area contributed by atoms with Crippen LogP contribution in [0.2, 0.25) is 10.0 Å². The standard InChI is InChI=1S/C13H13BrCl2N4O/c14-8-6-18-20(7-8)3-1-2-12(21)19-13-10(16)4-9(15)5-11(13)17/h4-7H,1-3,17H2,(H,19,21). The predicted octanol–water partition coefficient (Wildman–Crippen LogP) is 3.95. The van der Waals surface area contributed by atoms with Gasteiger partial charge in [-0.25, -0.2) is 0 Å². The van der Waals surface area contributed by atoms with E-state index in [9.17, 15) is 4.79 Å². The van der Waals surface area contributed by atoms with Crippen molar-refractivity contribution in [2.75, 3.05) is 11.1 Å². The van der Waals surface area contributed by atoms with Crippen LogP contribution < -0.4 is 11.1 Å². The van der Waals surface area contributed by atoms with Gasteiger partial charge in [-0.15, -0.1) is 0 Å². The predicted molar refractivity (Wildman–Crippen MR) is 88.7 cm³/mol. The van der Waals surface area contributed by atoms with Gasteiger partial charge in [-0.05, 0) is 34.5 Å². The van der Waals surface area contributed by atoms with Crippen molar-refractivity contribution in [2.24, 2.45) is 0 Å². The van der Waals surface area contributed by atoms with Crippen LogP contribution in [0, 0.1) is 0 Å². The molecule has 1 heterocycles. The Morgan fingerprint density at radius 1 is 1.43 bits per heavy atom. The number of halogens is 3. The van der Waals surface area contributed by atoms with Crippen molar-refractivity contribution >= 4 is 56.4 Å². The number of hydrogen-bond acceptors (Lipinski definition) is 3. The normalized spacial score (nSPS) is 10.6. The smallest absolute Gasteiger partial charge is 0.224 e. The minimum absolute atomic E-state index is 0.155. The van der Waals surface area contributed by atoms with Crippen molar-refractivity contribution in [3.05, 3.63) is 39.0 Å². The Labute approximate surface area is 140 Å². The molecule has 0 saturated carbocycles. The van der Waals surface area contributed by atoms with Crippen LogP contribution in [0.3, 0.4) is 0 Å². The number of aromatic nitrogens is 2. The van der Waals surface area contributed by atoms with E-state index in [1.54, 1.807) is 16.9 Å². The summed E-state index contributed by atoms with van der Waals surface area (Å²) in [5.74, 6) is -0.155. The number of amides is 1. The van der Waals surface area contributed by atoms with Gasteiger partial charge in [0, 0.05) is 24.2 Å². The van der Waals surface area contributed by atoms with Crippen LogP contribution in [0.5, 0.6) is 0 Å². The molecule has 8 heteroatoms. The Morgan fingerprint density at radius 3 is 2.81 bits per heavy atom. The van der Waals surface area contributed by atoms with Crippen molar-refractivity contribution in [3.8, 4) is 0 Å². The van der Waals surface area contributed by atoms with E-state index in [1.165, 1.54) is 6.07 Å². The van der Waals surface area contributed by atoms with Crippen LogP contribution in [0.15, 0.2) is 29.0 Å². The lowest BCUT2D eigenvalue weighted by molar-refractivity contribution is -0.116. The van der Waals surface area contributed by atoms with Gasteiger partial charge < -0.3 is 11.1 Å². The quantitative estimate of drug-likeness (QED) is 0.757. The lowest BCUT2D eigenvalue weighted by atomic mass is 10.2. The molecule has 1 aromatic heterocycles. The maximum absolute atomic E-state index is 11.9. The minimum atomic E-state index is -0.155. The largest absolute Gasteiger partial charge is 0.397 e. The average Bonchev–Trinajstić information content (AvgIpc) is 2.79. The zero-order valence-electron chi connectivity index (χ0n) is 10.9. The van der Waals surface area contributed by atoms with Gasteiger partial charge in [0.15, 0.2) is 0 Å². The van der Waals surface area contributed by atoms with Gasteiger partial charge in [0.25, 0.3) is 0 Å². The third kappa shape index (κ3) is 4.62. The van der Waals surface area contributed by atoms with Crippen LogP contribution in [-0.4, -0.2) is 15.7 Å². The van der Waals surface area contributed by atoms with Crippen LogP contribution in [0.4, 0.5) is 11.4 Å². The molecule has 0 aliphatic heterocycles. The number of hydrogen-bond donors (Lipinski definition) is 2. The van der Waals surface area contributed by atoms with Gasteiger partial charge in [0.1, 0.15) is 0 Å². The van der Waals surface area contributed by atoms with Crippen LogP contribution >= 0.6 is 39.1 Å². The summed E-state index contributed by atoms with van der Waals surface area (Å²) in [5.41, 5.74) is 6.53. The molecule has 1 amide bonds. The van der Waals surface area contributed by atoms with Crippen molar-refractivity contribution in [3.63, 3.8) is 0 Å². The first kappa shape index (κ1) is 16.1. The highest BCUT2D eigenvalue weighted by molar-refractivity contribution is 9.10. The molecule has 0 bridgehead atoms. The molecule has 0 atom stereocenters. The third-order valence-corrected chi connectivity index (χ3v) is 3.67. The van der Waals surface area contributed by atoms with Crippen molar-refractivity contribution < 1.29 is 4.79 Å². The number of nitrogens with one attached hydrogen (secondary N) is 1. The van der Waals surface area contributed by atoms with Gasteiger partial charge in [-0.2, -0.15) is 5.10 Å². The first-order valence-corrected chi connectivity index (χ1v) is 7.73. The second kappa shape index (κ2) is 7.15. The molecule has 21 heavy (non-hydrogen) atoms. The van der Waals surface area contributed by atoms with Gasteiger partial charge in [0.05, 0.1) is 27.1 Å². The lowest BCUT2D eigenvalue weighted by Gasteiger charge is -2.10. The number of aryl methyl sites for hydroxylation is 1.